The summed E-state index contributed by atoms with van der Waals surface area (Å²) in [5.74, 6) is -0.821. The van der Waals surface area contributed by atoms with Gasteiger partial charge in [0.25, 0.3) is 0 Å². The summed E-state index contributed by atoms with van der Waals surface area (Å²) in [4.78, 5) is 40.4. The molecule has 0 bridgehead atoms. The van der Waals surface area contributed by atoms with Crippen molar-refractivity contribution in [2.24, 2.45) is 5.92 Å². The molecule has 1 aliphatic heterocycles. The maximum atomic E-state index is 13.5. The first-order valence-corrected chi connectivity index (χ1v) is 14.8. The third-order valence-corrected chi connectivity index (χ3v) is 7.82. The Balaban J connectivity index is 1.46. The Morgan fingerprint density at radius 3 is 2.47 bits per heavy atom. The number of benzene rings is 2. The zero-order valence-corrected chi connectivity index (χ0v) is 25.9. The Labute approximate surface area is 252 Å². The minimum absolute atomic E-state index is 0.0775. The number of aromatic nitrogens is 1. The fraction of sp³-hybridized carbons (Fsp3) is 0.515. The summed E-state index contributed by atoms with van der Waals surface area (Å²) in [5, 5.41) is 12.8. The molecule has 10 heteroatoms. The zero-order chi connectivity index (χ0) is 31.3. The zero-order valence-electron chi connectivity index (χ0n) is 25.9. The van der Waals surface area contributed by atoms with Crippen LogP contribution in [0.15, 0.2) is 51.7 Å². The van der Waals surface area contributed by atoms with Gasteiger partial charge < -0.3 is 19.2 Å². The number of rotatable bonds is 9. The van der Waals surface area contributed by atoms with Gasteiger partial charge >= 0.3 is 11.8 Å². The number of amides is 2. The lowest BCUT2D eigenvalue weighted by molar-refractivity contribution is -0.131. The minimum atomic E-state index is -0.771. The number of nitriles is 1. The second-order valence-corrected chi connectivity index (χ2v) is 12.4. The van der Waals surface area contributed by atoms with Crippen LogP contribution in [-0.2, 0) is 27.2 Å². The Morgan fingerprint density at radius 1 is 1.12 bits per heavy atom. The fourth-order valence-corrected chi connectivity index (χ4v) is 5.62. The molecule has 0 spiro atoms. The number of oxazole rings is 1. The van der Waals surface area contributed by atoms with Crippen molar-refractivity contribution < 1.29 is 23.5 Å². The van der Waals surface area contributed by atoms with Crippen LogP contribution in [0.5, 0.6) is 0 Å². The van der Waals surface area contributed by atoms with Gasteiger partial charge in [-0.25, -0.2) is 9.59 Å². The highest BCUT2D eigenvalue weighted by Gasteiger charge is 2.43. The molecule has 43 heavy (non-hydrogen) atoms. The maximum absolute atomic E-state index is 13.5. The van der Waals surface area contributed by atoms with Crippen molar-refractivity contribution in [1.82, 2.24) is 14.8 Å². The standard InChI is InChI=1S/C33H42N4O6/c1-21-8-9-22(2)37(32(40)43-33(3,4)5)29(21)30(38)35-26(20-34)18-23-10-12-24(13-11-23)25-14-15-28-27(19-25)36(31(39)42-28)16-7-17-41-6/h10-15,19,21-22,26,29H,7-9,16-18H2,1-6H3,(H,35,38)/t21-,22+,26+,29+/m1/s1. The van der Waals surface area contributed by atoms with Crippen LogP contribution in [0.1, 0.15) is 59.4 Å². The van der Waals surface area contributed by atoms with Gasteiger partial charge in [-0.3, -0.25) is 14.3 Å². The highest BCUT2D eigenvalue weighted by Crippen LogP contribution is 2.30. The molecule has 0 saturated carbocycles. The van der Waals surface area contributed by atoms with Crippen molar-refractivity contribution >= 4 is 23.1 Å². The highest BCUT2D eigenvalue weighted by atomic mass is 16.6. The van der Waals surface area contributed by atoms with Gasteiger partial charge in [-0.15, -0.1) is 0 Å². The first kappa shape index (κ1) is 31.8. The molecule has 0 radical (unpaired) electrons. The third kappa shape index (κ3) is 7.65. The van der Waals surface area contributed by atoms with Crippen LogP contribution in [0.3, 0.4) is 0 Å². The highest BCUT2D eigenvalue weighted by molar-refractivity contribution is 5.87. The summed E-state index contributed by atoms with van der Waals surface area (Å²) in [7, 11) is 1.63. The molecule has 4 atom stereocenters. The lowest BCUT2D eigenvalue weighted by Crippen LogP contribution is -2.60. The maximum Gasteiger partial charge on any atom is 0.419 e. The predicted octanol–water partition coefficient (Wildman–Crippen LogP) is 5.27. The van der Waals surface area contributed by atoms with Gasteiger partial charge in [-0.2, -0.15) is 5.26 Å². The summed E-state index contributed by atoms with van der Waals surface area (Å²) >= 11 is 0. The Bertz CT molecular complexity index is 1530. The van der Waals surface area contributed by atoms with E-state index < -0.39 is 29.5 Å². The number of ether oxygens (including phenoxy) is 2. The van der Waals surface area contributed by atoms with E-state index in [1.165, 1.54) is 4.90 Å². The van der Waals surface area contributed by atoms with Crippen LogP contribution in [0.25, 0.3) is 22.2 Å². The van der Waals surface area contributed by atoms with Gasteiger partial charge in [0.05, 0.1) is 11.6 Å². The molecule has 1 saturated heterocycles. The van der Waals surface area contributed by atoms with Crippen molar-refractivity contribution in [3.8, 4) is 17.2 Å². The monoisotopic (exact) mass is 590 g/mol. The molecule has 4 rings (SSSR count). The summed E-state index contributed by atoms with van der Waals surface area (Å²) < 4.78 is 17.7. The molecule has 1 aliphatic rings. The number of methoxy groups -OCH3 is 1. The van der Waals surface area contributed by atoms with Gasteiger partial charge in [0.1, 0.15) is 17.7 Å². The summed E-state index contributed by atoms with van der Waals surface area (Å²) in [6.45, 7) is 10.3. The lowest BCUT2D eigenvalue weighted by atomic mass is 9.86. The van der Waals surface area contributed by atoms with Crippen LogP contribution in [0.2, 0.25) is 0 Å². The number of carbonyl (C=O) groups excluding carboxylic acids is 2. The smallest absolute Gasteiger partial charge is 0.419 e. The van der Waals surface area contributed by atoms with Gasteiger partial charge in [-0.1, -0.05) is 37.3 Å². The molecule has 0 unspecified atom stereocenters. The predicted molar refractivity (Wildman–Crippen MR) is 163 cm³/mol. The largest absolute Gasteiger partial charge is 0.444 e. The second-order valence-electron chi connectivity index (χ2n) is 12.4. The molecule has 230 valence electrons. The van der Waals surface area contributed by atoms with Gasteiger partial charge in [0.2, 0.25) is 5.91 Å². The van der Waals surface area contributed by atoms with Gasteiger partial charge in [0.15, 0.2) is 5.58 Å². The van der Waals surface area contributed by atoms with Crippen molar-refractivity contribution in [2.45, 2.75) is 90.6 Å². The van der Waals surface area contributed by atoms with E-state index in [1.807, 2.05) is 50.2 Å². The van der Waals surface area contributed by atoms with E-state index in [-0.39, 0.29) is 17.9 Å². The van der Waals surface area contributed by atoms with Crippen molar-refractivity contribution in [3.05, 3.63) is 58.6 Å². The third-order valence-electron chi connectivity index (χ3n) is 7.82. The first-order valence-electron chi connectivity index (χ1n) is 14.8. The van der Waals surface area contributed by atoms with Crippen LogP contribution in [-0.4, -0.2) is 58.9 Å². The van der Waals surface area contributed by atoms with Gasteiger partial charge in [-0.05, 0) is 81.7 Å². The van der Waals surface area contributed by atoms with E-state index >= 15 is 0 Å². The number of hydrogen-bond acceptors (Lipinski definition) is 7. The SMILES string of the molecule is COCCCn1c(=O)oc2ccc(-c3ccc(C[C@@H](C#N)NC(=O)[C@@H]4[C@H](C)CC[C@H](C)N4C(=O)OC(C)(C)C)cc3)cc21. The molecule has 1 aromatic heterocycles. The average Bonchev–Trinajstić information content (AvgIpc) is 3.27. The Hall–Kier alpha value is -4.10. The lowest BCUT2D eigenvalue weighted by Gasteiger charge is -2.43. The van der Waals surface area contributed by atoms with E-state index in [0.717, 1.165) is 35.0 Å². The van der Waals surface area contributed by atoms with E-state index in [1.54, 1.807) is 38.5 Å². The molecular weight excluding hydrogens is 548 g/mol. The molecule has 3 aromatic rings. The minimum Gasteiger partial charge on any atom is -0.444 e. The first-order chi connectivity index (χ1) is 20.4. The number of likely N-dealkylation sites (tertiary alicyclic amines) is 1. The van der Waals surface area contributed by atoms with Crippen molar-refractivity contribution in [1.29, 1.82) is 5.26 Å². The van der Waals surface area contributed by atoms with E-state index in [2.05, 4.69) is 11.4 Å². The molecule has 2 heterocycles. The van der Waals surface area contributed by atoms with Crippen LogP contribution < -0.4 is 11.1 Å². The van der Waals surface area contributed by atoms with Crippen LogP contribution >= 0.6 is 0 Å². The number of aryl methyl sites for hydroxylation is 1. The topological polar surface area (TPSA) is 127 Å². The number of hydrogen-bond donors (Lipinski definition) is 1. The average molecular weight is 591 g/mol. The second kappa shape index (κ2) is 13.5. The summed E-state index contributed by atoms with van der Waals surface area (Å²) in [6, 6.07) is 13.9. The normalized spacial score (nSPS) is 19.6. The van der Waals surface area contributed by atoms with Crippen molar-refractivity contribution in [3.63, 3.8) is 0 Å². The van der Waals surface area contributed by atoms with Crippen LogP contribution in [0, 0.1) is 17.2 Å². The quantitative estimate of drug-likeness (QED) is 0.336. The molecule has 2 amide bonds. The Kier molecular flexibility index (Phi) is 9.97. The molecular formula is C33H42N4O6. The number of nitrogens with zero attached hydrogens (tertiary/aromatic N) is 3. The van der Waals surface area contributed by atoms with Gasteiger partial charge in [0, 0.05) is 32.7 Å². The number of piperidine rings is 1. The molecule has 1 N–H and O–H groups in total. The van der Waals surface area contributed by atoms with E-state index in [9.17, 15) is 19.6 Å². The molecule has 10 nitrogen and oxygen atoms in total. The van der Waals surface area contributed by atoms with Crippen LogP contribution in [0.4, 0.5) is 4.79 Å². The number of carbonyl (C=O) groups is 2. The molecule has 1 fully saturated rings. The van der Waals surface area contributed by atoms with E-state index in [0.29, 0.717) is 31.6 Å². The summed E-state index contributed by atoms with van der Waals surface area (Å²) in [5.41, 5.74) is 3.31. The van der Waals surface area contributed by atoms with E-state index in [4.69, 9.17) is 13.9 Å². The number of nitrogens with one attached hydrogen (secondary N) is 1. The summed E-state index contributed by atoms with van der Waals surface area (Å²) in [6.07, 6.45) is 2.06. The number of fused-ring (bicyclic) bond motifs is 1. The van der Waals surface area contributed by atoms with Crippen molar-refractivity contribution in [2.75, 3.05) is 13.7 Å². The molecule has 2 aromatic carbocycles. The Morgan fingerprint density at radius 2 is 1.81 bits per heavy atom. The fourth-order valence-electron chi connectivity index (χ4n) is 5.62. The molecule has 0 aliphatic carbocycles.